The number of carbonyl (C=O) groups excluding carboxylic acids is 1. The molecular weight excluding hydrogens is 306 g/mol. The minimum Gasteiger partial charge on any atom is -0.325 e. The number of nitrogens with one attached hydrogen (secondary N) is 2. The maximum atomic E-state index is 12.0. The van der Waals surface area contributed by atoms with Crippen molar-refractivity contribution in [2.75, 3.05) is 38.0 Å². The van der Waals surface area contributed by atoms with Gasteiger partial charge in [-0.2, -0.15) is 0 Å². The summed E-state index contributed by atoms with van der Waals surface area (Å²) in [6.45, 7) is 4.81. The van der Waals surface area contributed by atoms with Gasteiger partial charge in [0.15, 0.2) is 0 Å². The molecule has 2 N–H and O–H groups in total. The molecule has 0 unspecified atom stereocenters. The highest BCUT2D eigenvalue weighted by Crippen LogP contribution is 2.25. The van der Waals surface area contributed by atoms with Crippen LogP contribution in [0, 0.1) is 11.8 Å². The van der Waals surface area contributed by atoms with Crippen LogP contribution in [0.4, 0.5) is 5.69 Å². The van der Waals surface area contributed by atoms with Crippen molar-refractivity contribution < 1.29 is 4.79 Å². The Morgan fingerprint density at radius 3 is 2.53 bits per heavy atom. The van der Waals surface area contributed by atoms with Gasteiger partial charge in [0.1, 0.15) is 0 Å². The van der Waals surface area contributed by atoms with E-state index < -0.39 is 0 Å². The van der Waals surface area contributed by atoms with Crippen LogP contribution in [0.25, 0.3) is 0 Å². The second kappa shape index (κ2) is 5.61. The largest absolute Gasteiger partial charge is 0.325 e. The lowest BCUT2D eigenvalue weighted by Gasteiger charge is -2.16. The molecule has 5 heteroatoms. The van der Waals surface area contributed by atoms with Gasteiger partial charge in [-0.1, -0.05) is 15.9 Å². The quantitative estimate of drug-likeness (QED) is 0.886. The summed E-state index contributed by atoms with van der Waals surface area (Å²) in [7, 11) is 0. The molecule has 0 radical (unpaired) electrons. The number of fused-ring (bicyclic) bond motifs is 1. The fraction of sp³-hybridized carbons (Fsp3) is 0.500. The Morgan fingerprint density at radius 2 is 1.89 bits per heavy atom. The van der Waals surface area contributed by atoms with Crippen LogP contribution in [-0.4, -0.2) is 43.5 Å². The van der Waals surface area contributed by atoms with Crippen molar-refractivity contribution in [3.05, 3.63) is 28.7 Å². The highest BCUT2D eigenvalue weighted by atomic mass is 79.9. The Hall–Kier alpha value is -0.910. The molecule has 0 spiro atoms. The Morgan fingerprint density at radius 1 is 1.26 bits per heavy atom. The fourth-order valence-corrected chi connectivity index (χ4v) is 3.28. The molecule has 2 fully saturated rings. The molecule has 102 valence electrons. The van der Waals surface area contributed by atoms with Crippen molar-refractivity contribution in [1.29, 1.82) is 0 Å². The molecule has 1 aromatic carbocycles. The Bertz CT molecular complexity index is 450. The molecular formula is C14H18BrN3O. The molecule has 2 aliphatic rings. The predicted octanol–water partition coefficient (Wildman–Crippen LogP) is 1.54. The van der Waals surface area contributed by atoms with Gasteiger partial charge in [0, 0.05) is 23.2 Å². The maximum Gasteiger partial charge on any atom is 0.238 e. The van der Waals surface area contributed by atoms with Gasteiger partial charge in [0.05, 0.1) is 6.54 Å². The van der Waals surface area contributed by atoms with E-state index in [1.54, 1.807) is 0 Å². The summed E-state index contributed by atoms with van der Waals surface area (Å²) in [5, 5.41) is 6.36. The van der Waals surface area contributed by atoms with Gasteiger partial charge in [-0.25, -0.2) is 0 Å². The smallest absolute Gasteiger partial charge is 0.238 e. The van der Waals surface area contributed by atoms with E-state index in [1.165, 1.54) is 0 Å². The topological polar surface area (TPSA) is 44.4 Å². The molecule has 0 saturated carbocycles. The minimum absolute atomic E-state index is 0.0789. The SMILES string of the molecule is O=C(CN1C[C@H]2CNC[C@H]2C1)Nc1ccc(Br)cc1. The summed E-state index contributed by atoms with van der Waals surface area (Å²) in [6, 6.07) is 7.68. The number of halogens is 1. The third-order valence-electron chi connectivity index (χ3n) is 3.96. The second-order valence-corrected chi connectivity index (χ2v) is 6.34. The van der Waals surface area contributed by atoms with E-state index >= 15 is 0 Å². The number of likely N-dealkylation sites (tertiary alicyclic amines) is 1. The fourth-order valence-electron chi connectivity index (χ4n) is 3.02. The van der Waals surface area contributed by atoms with Crippen molar-refractivity contribution in [2.45, 2.75) is 0 Å². The molecule has 0 aromatic heterocycles. The van der Waals surface area contributed by atoms with Crippen LogP contribution in [0.5, 0.6) is 0 Å². The zero-order valence-corrected chi connectivity index (χ0v) is 12.3. The molecule has 2 atom stereocenters. The van der Waals surface area contributed by atoms with Gasteiger partial charge >= 0.3 is 0 Å². The lowest BCUT2D eigenvalue weighted by atomic mass is 10.0. The summed E-state index contributed by atoms with van der Waals surface area (Å²) in [6.07, 6.45) is 0. The first-order valence-electron chi connectivity index (χ1n) is 6.69. The molecule has 2 aliphatic heterocycles. The molecule has 2 saturated heterocycles. The van der Waals surface area contributed by atoms with E-state index in [2.05, 4.69) is 31.5 Å². The van der Waals surface area contributed by atoms with Crippen LogP contribution in [0.2, 0.25) is 0 Å². The highest BCUT2D eigenvalue weighted by Gasteiger charge is 2.36. The number of hydrogen-bond acceptors (Lipinski definition) is 3. The second-order valence-electron chi connectivity index (χ2n) is 5.43. The third kappa shape index (κ3) is 3.16. The lowest BCUT2D eigenvalue weighted by Crippen LogP contribution is -2.33. The monoisotopic (exact) mass is 323 g/mol. The summed E-state index contributed by atoms with van der Waals surface area (Å²) in [5.41, 5.74) is 0.856. The molecule has 0 aliphatic carbocycles. The first kappa shape index (κ1) is 13.1. The third-order valence-corrected chi connectivity index (χ3v) is 4.49. The number of rotatable bonds is 3. The van der Waals surface area contributed by atoms with Gasteiger partial charge in [-0.15, -0.1) is 0 Å². The van der Waals surface area contributed by atoms with Crippen LogP contribution in [0.3, 0.4) is 0 Å². The average molecular weight is 324 g/mol. The van der Waals surface area contributed by atoms with Gasteiger partial charge in [0.25, 0.3) is 0 Å². The van der Waals surface area contributed by atoms with Crippen LogP contribution < -0.4 is 10.6 Å². The highest BCUT2D eigenvalue weighted by molar-refractivity contribution is 9.10. The number of hydrogen-bond donors (Lipinski definition) is 2. The van der Waals surface area contributed by atoms with Crippen molar-refractivity contribution in [3.63, 3.8) is 0 Å². The first-order chi connectivity index (χ1) is 9.20. The van der Waals surface area contributed by atoms with E-state index in [-0.39, 0.29) is 5.91 Å². The molecule has 1 amide bonds. The van der Waals surface area contributed by atoms with Crippen LogP contribution in [-0.2, 0) is 4.79 Å². The number of anilines is 1. The number of nitrogens with zero attached hydrogens (tertiary/aromatic N) is 1. The minimum atomic E-state index is 0.0789. The number of benzene rings is 1. The summed E-state index contributed by atoms with van der Waals surface area (Å²) in [4.78, 5) is 14.3. The Kier molecular flexibility index (Phi) is 3.86. The van der Waals surface area contributed by atoms with Gasteiger partial charge in [0.2, 0.25) is 5.91 Å². The lowest BCUT2D eigenvalue weighted by molar-refractivity contribution is -0.117. The normalized spacial score (nSPS) is 26.4. The zero-order valence-electron chi connectivity index (χ0n) is 10.7. The summed E-state index contributed by atoms with van der Waals surface area (Å²) < 4.78 is 1.02. The van der Waals surface area contributed by atoms with E-state index in [9.17, 15) is 4.79 Å². The maximum absolute atomic E-state index is 12.0. The average Bonchev–Trinajstić information content (AvgIpc) is 2.92. The molecule has 4 nitrogen and oxygen atoms in total. The van der Waals surface area contributed by atoms with E-state index in [4.69, 9.17) is 0 Å². The molecule has 3 rings (SSSR count). The predicted molar refractivity (Wildman–Crippen MR) is 79.1 cm³/mol. The summed E-state index contributed by atoms with van der Waals surface area (Å²) >= 11 is 3.38. The first-order valence-corrected chi connectivity index (χ1v) is 7.48. The molecule has 2 heterocycles. The van der Waals surface area contributed by atoms with Crippen molar-refractivity contribution >= 4 is 27.5 Å². The van der Waals surface area contributed by atoms with Crippen molar-refractivity contribution in [1.82, 2.24) is 10.2 Å². The van der Waals surface area contributed by atoms with Gasteiger partial charge in [-0.05, 0) is 49.2 Å². The summed E-state index contributed by atoms with van der Waals surface area (Å²) in [5.74, 6) is 1.55. The zero-order chi connectivity index (χ0) is 13.2. The van der Waals surface area contributed by atoms with Crippen LogP contribution in [0.15, 0.2) is 28.7 Å². The van der Waals surface area contributed by atoms with Gasteiger partial charge < -0.3 is 10.6 Å². The van der Waals surface area contributed by atoms with Crippen LogP contribution in [0.1, 0.15) is 0 Å². The van der Waals surface area contributed by atoms with E-state index in [1.807, 2.05) is 24.3 Å². The Balaban J connectivity index is 1.50. The van der Waals surface area contributed by atoms with E-state index in [0.717, 1.165) is 48.2 Å². The van der Waals surface area contributed by atoms with E-state index in [0.29, 0.717) is 6.54 Å². The van der Waals surface area contributed by atoms with Crippen molar-refractivity contribution in [2.24, 2.45) is 11.8 Å². The standard InChI is InChI=1S/C14H18BrN3O/c15-12-1-3-13(4-2-12)17-14(19)9-18-7-10-5-16-6-11(10)8-18/h1-4,10-11,16H,5-9H2,(H,17,19)/t10-,11+. The number of amides is 1. The van der Waals surface area contributed by atoms with Gasteiger partial charge in [-0.3, -0.25) is 9.69 Å². The van der Waals surface area contributed by atoms with Crippen molar-refractivity contribution in [3.8, 4) is 0 Å². The molecule has 19 heavy (non-hydrogen) atoms. The number of carbonyl (C=O) groups is 1. The molecule has 0 bridgehead atoms. The van der Waals surface area contributed by atoms with Crippen LogP contribution >= 0.6 is 15.9 Å². The molecule has 1 aromatic rings. The Labute approximate surface area is 121 Å².